The molecule has 0 spiro atoms. The number of rotatable bonds is 3. The number of hydrogen-bond acceptors (Lipinski definition) is 4. The SMILES string of the molecule is CC(=O)N1CCN(C(=O)Cn2c(=O)n(-c3ccc(F)c(Cl)c3)c(=O)c3ccccc32)CC1. The maximum atomic E-state index is 13.6. The highest BCUT2D eigenvalue weighted by molar-refractivity contribution is 6.30. The fourth-order valence-electron chi connectivity index (χ4n) is 3.83. The second-order valence-electron chi connectivity index (χ2n) is 7.51. The van der Waals surface area contributed by atoms with E-state index in [0.717, 1.165) is 10.6 Å². The Morgan fingerprint density at radius 1 is 1.00 bits per heavy atom. The topological polar surface area (TPSA) is 84.6 Å². The Balaban J connectivity index is 1.77. The summed E-state index contributed by atoms with van der Waals surface area (Å²) in [6.45, 7) is 2.76. The van der Waals surface area contributed by atoms with Crippen molar-refractivity contribution in [2.45, 2.75) is 13.5 Å². The Kier molecular flexibility index (Phi) is 5.84. The fraction of sp³-hybridized carbons (Fsp3) is 0.273. The quantitative estimate of drug-likeness (QED) is 0.597. The predicted molar refractivity (Wildman–Crippen MR) is 118 cm³/mol. The molecule has 10 heteroatoms. The number of carbonyl (C=O) groups excluding carboxylic acids is 2. The first-order valence-corrected chi connectivity index (χ1v) is 10.4. The Morgan fingerprint density at radius 3 is 2.31 bits per heavy atom. The number of hydrogen-bond donors (Lipinski definition) is 0. The van der Waals surface area contributed by atoms with Gasteiger partial charge in [-0.1, -0.05) is 23.7 Å². The molecule has 1 aliphatic rings. The lowest BCUT2D eigenvalue weighted by Gasteiger charge is -2.34. The Hall–Kier alpha value is -3.46. The van der Waals surface area contributed by atoms with Crippen LogP contribution in [0.1, 0.15) is 6.92 Å². The summed E-state index contributed by atoms with van der Waals surface area (Å²) in [5, 5.41) is 0.00896. The Labute approximate surface area is 187 Å². The van der Waals surface area contributed by atoms with Crippen molar-refractivity contribution in [3.8, 4) is 5.69 Å². The van der Waals surface area contributed by atoms with Gasteiger partial charge in [0.15, 0.2) is 0 Å². The molecule has 32 heavy (non-hydrogen) atoms. The first-order valence-electron chi connectivity index (χ1n) is 10.0. The van der Waals surface area contributed by atoms with Gasteiger partial charge in [-0.2, -0.15) is 0 Å². The minimum Gasteiger partial charge on any atom is -0.339 e. The molecule has 0 saturated carbocycles. The zero-order valence-corrected chi connectivity index (χ0v) is 18.0. The molecule has 1 aliphatic heterocycles. The third-order valence-corrected chi connectivity index (χ3v) is 5.87. The lowest BCUT2D eigenvalue weighted by Crippen LogP contribution is -2.51. The van der Waals surface area contributed by atoms with Gasteiger partial charge in [-0.05, 0) is 30.3 Å². The first-order chi connectivity index (χ1) is 15.3. The molecule has 0 atom stereocenters. The van der Waals surface area contributed by atoms with E-state index in [1.54, 1.807) is 34.1 Å². The molecule has 2 heterocycles. The summed E-state index contributed by atoms with van der Waals surface area (Å²) in [5.41, 5.74) is -0.893. The minimum atomic E-state index is -0.730. The van der Waals surface area contributed by atoms with Crippen LogP contribution in [-0.2, 0) is 16.1 Å². The molecule has 3 aromatic rings. The van der Waals surface area contributed by atoms with E-state index in [9.17, 15) is 23.6 Å². The molecular formula is C22H20ClFN4O4. The van der Waals surface area contributed by atoms with Gasteiger partial charge < -0.3 is 9.80 Å². The molecule has 1 fully saturated rings. The molecule has 1 saturated heterocycles. The normalized spacial score (nSPS) is 14.1. The van der Waals surface area contributed by atoms with Crippen LogP contribution in [-0.4, -0.2) is 56.9 Å². The number of aromatic nitrogens is 2. The molecule has 4 rings (SSSR count). The molecule has 8 nitrogen and oxygen atoms in total. The van der Waals surface area contributed by atoms with Gasteiger partial charge in [0.25, 0.3) is 5.56 Å². The second-order valence-corrected chi connectivity index (χ2v) is 7.92. The van der Waals surface area contributed by atoms with Gasteiger partial charge in [0.1, 0.15) is 12.4 Å². The summed E-state index contributed by atoms with van der Waals surface area (Å²) >= 11 is 5.86. The van der Waals surface area contributed by atoms with Crippen molar-refractivity contribution in [3.05, 3.63) is 74.1 Å². The monoisotopic (exact) mass is 458 g/mol. The standard InChI is InChI=1S/C22H20ClFN4O4/c1-14(29)25-8-10-26(11-9-25)20(30)13-27-19-5-3-2-4-16(19)21(31)28(22(27)32)15-6-7-18(24)17(23)12-15/h2-7,12H,8-11,13H2,1H3. The lowest BCUT2D eigenvalue weighted by atomic mass is 10.2. The van der Waals surface area contributed by atoms with Crippen LogP contribution >= 0.6 is 11.6 Å². The maximum absolute atomic E-state index is 13.6. The highest BCUT2D eigenvalue weighted by Crippen LogP contribution is 2.18. The summed E-state index contributed by atoms with van der Waals surface area (Å²) in [6, 6.07) is 10.0. The average Bonchev–Trinajstić information content (AvgIpc) is 2.79. The van der Waals surface area contributed by atoms with Crippen LogP contribution in [0, 0.1) is 5.82 Å². The van der Waals surface area contributed by atoms with Gasteiger partial charge in [0.2, 0.25) is 11.8 Å². The van der Waals surface area contributed by atoms with Gasteiger partial charge in [-0.15, -0.1) is 0 Å². The number of piperazine rings is 1. The van der Waals surface area contributed by atoms with E-state index in [1.807, 2.05) is 0 Å². The second kappa shape index (κ2) is 8.58. The molecule has 0 unspecified atom stereocenters. The lowest BCUT2D eigenvalue weighted by molar-refractivity contribution is -0.138. The van der Waals surface area contributed by atoms with E-state index < -0.39 is 17.1 Å². The molecular weight excluding hydrogens is 439 g/mol. The van der Waals surface area contributed by atoms with Crippen molar-refractivity contribution in [1.82, 2.24) is 18.9 Å². The molecule has 0 aliphatic carbocycles. The summed E-state index contributed by atoms with van der Waals surface area (Å²) in [4.78, 5) is 54.1. The molecule has 2 amide bonds. The van der Waals surface area contributed by atoms with E-state index in [1.165, 1.54) is 23.6 Å². The zero-order valence-electron chi connectivity index (χ0n) is 17.3. The molecule has 0 N–H and O–H groups in total. The van der Waals surface area contributed by atoms with Gasteiger partial charge in [-0.3, -0.25) is 19.0 Å². The van der Waals surface area contributed by atoms with E-state index >= 15 is 0 Å². The van der Waals surface area contributed by atoms with Gasteiger partial charge in [-0.25, -0.2) is 13.8 Å². The van der Waals surface area contributed by atoms with Crippen molar-refractivity contribution >= 4 is 34.3 Å². The number of amides is 2. The van der Waals surface area contributed by atoms with Gasteiger partial charge >= 0.3 is 5.69 Å². The van der Waals surface area contributed by atoms with Crippen molar-refractivity contribution in [1.29, 1.82) is 0 Å². The van der Waals surface area contributed by atoms with Gasteiger partial charge in [0.05, 0.1) is 21.6 Å². The summed E-state index contributed by atoms with van der Waals surface area (Å²) < 4.78 is 15.7. The van der Waals surface area contributed by atoms with Crippen molar-refractivity contribution < 1.29 is 14.0 Å². The zero-order chi connectivity index (χ0) is 23.0. The number of para-hydroxylation sites is 1. The first kappa shape index (κ1) is 21.8. The third kappa shape index (κ3) is 3.91. The number of nitrogens with zero attached hydrogens (tertiary/aromatic N) is 4. The van der Waals surface area contributed by atoms with Crippen molar-refractivity contribution in [2.24, 2.45) is 0 Å². The fourth-order valence-corrected chi connectivity index (χ4v) is 4.01. The van der Waals surface area contributed by atoms with E-state index in [4.69, 9.17) is 11.6 Å². The van der Waals surface area contributed by atoms with Crippen molar-refractivity contribution in [2.75, 3.05) is 26.2 Å². The number of benzene rings is 2. The largest absolute Gasteiger partial charge is 0.339 e. The van der Waals surface area contributed by atoms with E-state index in [2.05, 4.69) is 0 Å². The number of halogens is 2. The smallest absolute Gasteiger partial charge is 0.336 e. The van der Waals surface area contributed by atoms with E-state index in [0.29, 0.717) is 31.7 Å². The summed E-state index contributed by atoms with van der Waals surface area (Å²) in [5.74, 6) is -1.03. The van der Waals surface area contributed by atoms with Crippen molar-refractivity contribution in [3.63, 3.8) is 0 Å². The highest BCUT2D eigenvalue weighted by Gasteiger charge is 2.24. The molecule has 0 bridgehead atoms. The molecule has 0 radical (unpaired) electrons. The number of carbonyl (C=O) groups is 2. The van der Waals surface area contributed by atoms with Crippen LogP contribution in [0.2, 0.25) is 5.02 Å². The molecule has 166 valence electrons. The summed E-state index contributed by atoms with van der Waals surface area (Å²) in [6.07, 6.45) is 0. The maximum Gasteiger partial charge on any atom is 0.336 e. The van der Waals surface area contributed by atoms with Crippen LogP contribution in [0.25, 0.3) is 16.6 Å². The van der Waals surface area contributed by atoms with Gasteiger partial charge in [0, 0.05) is 33.1 Å². The number of fused-ring (bicyclic) bond motifs is 1. The highest BCUT2D eigenvalue weighted by atomic mass is 35.5. The predicted octanol–water partition coefficient (Wildman–Crippen LogP) is 1.64. The average molecular weight is 459 g/mol. The van der Waals surface area contributed by atoms with Crippen LogP contribution in [0.4, 0.5) is 4.39 Å². The summed E-state index contributed by atoms with van der Waals surface area (Å²) in [7, 11) is 0. The van der Waals surface area contributed by atoms with Crippen LogP contribution in [0.3, 0.4) is 0 Å². The van der Waals surface area contributed by atoms with E-state index in [-0.39, 0.29) is 34.5 Å². The van der Waals surface area contributed by atoms with Crippen LogP contribution in [0.5, 0.6) is 0 Å². The Morgan fingerprint density at radius 2 is 1.66 bits per heavy atom. The molecule has 2 aromatic carbocycles. The van der Waals surface area contributed by atoms with Crippen LogP contribution < -0.4 is 11.2 Å². The molecule has 1 aromatic heterocycles. The minimum absolute atomic E-state index is 0.0515. The Bertz CT molecular complexity index is 1340. The van der Waals surface area contributed by atoms with Crippen LogP contribution in [0.15, 0.2) is 52.1 Å². The third-order valence-electron chi connectivity index (χ3n) is 5.58.